The maximum atomic E-state index is 12.1. The zero-order valence-electron chi connectivity index (χ0n) is 14.1. The van der Waals surface area contributed by atoms with Crippen molar-refractivity contribution >= 4 is 5.91 Å². The van der Waals surface area contributed by atoms with E-state index < -0.39 is 41.9 Å². The van der Waals surface area contributed by atoms with Gasteiger partial charge in [-0.3, -0.25) is 19.1 Å². The second-order valence-corrected chi connectivity index (χ2v) is 5.80. The van der Waals surface area contributed by atoms with Gasteiger partial charge in [-0.25, -0.2) is 4.79 Å². The normalized spacial score (nSPS) is 27.9. The number of nitrogens with zero attached hydrogens (tertiary/aromatic N) is 1. The molecule has 9 heteroatoms. The number of H-pyrrole nitrogens is 1. The largest absolute Gasteiger partial charge is 0.388 e. The lowest BCUT2D eigenvalue weighted by Gasteiger charge is -2.25. The summed E-state index contributed by atoms with van der Waals surface area (Å²) < 4.78 is 12.6. The lowest BCUT2D eigenvalue weighted by Crippen LogP contribution is -2.43. The molecule has 1 unspecified atom stereocenters. The van der Waals surface area contributed by atoms with Crippen LogP contribution in [0.2, 0.25) is 0 Å². The smallest absolute Gasteiger partial charge is 0.330 e. The first-order valence-corrected chi connectivity index (χ1v) is 7.82. The average molecular weight is 341 g/mol. The molecule has 2 rings (SSSR count). The maximum Gasteiger partial charge on any atom is 0.330 e. The summed E-state index contributed by atoms with van der Waals surface area (Å²) in [6, 6.07) is 0. The van der Waals surface area contributed by atoms with Crippen molar-refractivity contribution in [3.63, 3.8) is 0 Å². The van der Waals surface area contributed by atoms with Crippen LogP contribution in [0, 0.1) is 6.92 Å². The van der Waals surface area contributed by atoms with Gasteiger partial charge in [0.25, 0.3) is 5.56 Å². The van der Waals surface area contributed by atoms with Crippen molar-refractivity contribution in [3.8, 4) is 0 Å². The average Bonchev–Trinajstić information content (AvgIpc) is 2.86. The van der Waals surface area contributed by atoms with Crippen LogP contribution < -0.4 is 16.6 Å². The minimum Gasteiger partial charge on any atom is -0.388 e. The number of hydrogen-bond donors (Lipinski definition) is 3. The molecule has 1 aromatic rings. The summed E-state index contributed by atoms with van der Waals surface area (Å²) in [6.45, 7) is 4.93. The van der Waals surface area contributed by atoms with Crippen molar-refractivity contribution < 1.29 is 19.4 Å². The first-order valence-electron chi connectivity index (χ1n) is 7.82. The predicted octanol–water partition coefficient (Wildman–Crippen LogP) is -0.967. The molecule has 1 fully saturated rings. The number of likely N-dealkylation sites (N-methyl/N-ethyl adjacent to an activating group) is 1. The van der Waals surface area contributed by atoms with Gasteiger partial charge >= 0.3 is 5.69 Å². The first kappa shape index (κ1) is 18.4. The van der Waals surface area contributed by atoms with Crippen molar-refractivity contribution in [2.75, 3.05) is 7.05 Å². The summed E-state index contributed by atoms with van der Waals surface area (Å²) in [4.78, 5) is 37.5. The van der Waals surface area contributed by atoms with Gasteiger partial charge < -0.3 is 19.9 Å². The van der Waals surface area contributed by atoms with Crippen LogP contribution in [-0.4, -0.2) is 52.0 Å². The van der Waals surface area contributed by atoms with Crippen LogP contribution >= 0.6 is 0 Å². The Bertz CT molecular complexity index is 712. The standard InChI is InChI=1S/C15H23N3O6/c1-5-9-10(19)11(23-8(3)13(21)16-4)14(24-9)18-6-7(2)12(20)17-15(18)22/h6,8-11,14,19H,5H2,1-4H3,(H,16,21)(H,17,20,22)/t8-,9+,10?,11-,14+/m0/s1. The van der Waals surface area contributed by atoms with Gasteiger partial charge in [0.15, 0.2) is 6.23 Å². The number of aryl methyl sites for hydroxylation is 1. The molecule has 1 aliphatic heterocycles. The van der Waals surface area contributed by atoms with E-state index in [1.807, 2.05) is 6.92 Å². The topological polar surface area (TPSA) is 123 Å². The van der Waals surface area contributed by atoms with Gasteiger partial charge in [0.2, 0.25) is 5.91 Å². The number of carbonyl (C=O) groups excluding carboxylic acids is 1. The zero-order valence-corrected chi connectivity index (χ0v) is 14.1. The van der Waals surface area contributed by atoms with E-state index in [9.17, 15) is 19.5 Å². The number of carbonyl (C=O) groups is 1. The number of aliphatic hydroxyl groups is 1. The van der Waals surface area contributed by atoms with Gasteiger partial charge in [0, 0.05) is 18.8 Å². The van der Waals surface area contributed by atoms with Crippen molar-refractivity contribution in [2.24, 2.45) is 0 Å². The second-order valence-electron chi connectivity index (χ2n) is 5.80. The molecule has 1 aromatic heterocycles. The molecule has 9 nitrogen and oxygen atoms in total. The first-order chi connectivity index (χ1) is 11.3. The number of hydrogen-bond acceptors (Lipinski definition) is 6. The number of aromatic nitrogens is 2. The molecule has 0 radical (unpaired) electrons. The van der Waals surface area contributed by atoms with Crippen LogP contribution in [-0.2, 0) is 14.3 Å². The van der Waals surface area contributed by atoms with Gasteiger partial charge in [-0.05, 0) is 20.3 Å². The SMILES string of the molecule is CC[C@H]1O[C@@H](n2cc(C)c(=O)[nH]c2=O)[C@@H](O[C@@H](C)C(=O)NC)C1O. The Balaban J connectivity index is 2.38. The Morgan fingerprint density at radius 1 is 1.54 bits per heavy atom. The second kappa shape index (κ2) is 7.29. The Kier molecular flexibility index (Phi) is 5.58. The third-order valence-corrected chi connectivity index (χ3v) is 4.11. The fourth-order valence-corrected chi connectivity index (χ4v) is 2.70. The molecule has 1 saturated heterocycles. The van der Waals surface area contributed by atoms with Gasteiger partial charge in [-0.15, -0.1) is 0 Å². The van der Waals surface area contributed by atoms with Gasteiger partial charge in [0.05, 0.1) is 6.10 Å². The van der Waals surface area contributed by atoms with Crippen molar-refractivity contribution in [3.05, 3.63) is 32.6 Å². The molecule has 0 bridgehead atoms. The zero-order chi connectivity index (χ0) is 18.0. The van der Waals surface area contributed by atoms with Crippen molar-refractivity contribution in [1.29, 1.82) is 0 Å². The molecule has 0 saturated carbocycles. The van der Waals surface area contributed by atoms with E-state index >= 15 is 0 Å². The predicted molar refractivity (Wildman–Crippen MR) is 84.7 cm³/mol. The number of aliphatic hydroxyl groups excluding tert-OH is 1. The van der Waals surface area contributed by atoms with Crippen LogP contribution in [0.1, 0.15) is 32.1 Å². The van der Waals surface area contributed by atoms with Gasteiger partial charge in [-0.1, -0.05) is 6.92 Å². The molecule has 2 heterocycles. The molecule has 5 atom stereocenters. The number of rotatable bonds is 5. The van der Waals surface area contributed by atoms with Gasteiger partial charge in [-0.2, -0.15) is 0 Å². The van der Waals surface area contributed by atoms with E-state index in [4.69, 9.17) is 9.47 Å². The minimum absolute atomic E-state index is 0.325. The Morgan fingerprint density at radius 2 is 2.21 bits per heavy atom. The monoisotopic (exact) mass is 341 g/mol. The van der Waals surface area contributed by atoms with Crippen molar-refractivity contribution in [1.82, 2.24) is 14.9 Å². The van der Waals surface area contributed by atoms with Crippen LogP contribution in [0.4, 0.5) is 0 Å². The van der Waals surface area contributed by atoms with Crippen LogP contribution in [0.25, 0.3) is 0 Å². The summed E-state index contributed by atoms with van der Waals surface area (Å²) in [5.41, 5.74) is -0.829. The summed E-state index contributed by atoms with van der Waals surface area (Å²) in [5, 5.41) is 12.9. The molecule has 1 aliphatic rings. The highest BCUT2D eigenvalue weighted by molar-refractivity contribution is 5.79. The third-order valence-electron chi connectivity index (χ3n) is 4.11. The van der Waals surface area contributed by atoms with E-state index in [-0.39, 0.29) is 5.91 Å². The van der Waals surface area contributed by atoms with Crippen LogP contribution in [0.3, 0.4) is 0 Å². The van der Waals surface area contributed by atoms with E-state index in [1.165, 1.54) is 17.8 Å². The molecule has 0 aliphatic carbocycles. The highest BCUT2D eigenvalue weighted by Crippen LogP contribution is 2.33. The Morgan fingerprint density at radius 3 is 2.79 bits per heavy atom. The molecular formula is C15H23N3O6. The third kappa shape index (κ3) is 3.42. The molecule has 0 spiro atoms. The number of nitrogens with one attached hydrogen (secondary N) is 2. The number of amides is 1. The molecular weight excluding hydrogens is 318 g/mol. The highest BCUT2D eigenvalue weighted by atomic mass is 16.6. The lowest BCUT2D eigenvalue weighted by molar-refractivity contribution is -0.144. The summed E-state index contributed by atoms with van der Waals surface area (Å²) in [6.07, 6.45) is -2.40. The summed E-state index contributed by atoms with van der Waals surface area (Å²) >= 11 is 0. The number of aromatic amines is 1. The van der Waals surface area contributed by atoms with E-state index in [0.29, 0.717) is 12.0 Å². The Hall–Kier alpha value is -1.97. The molecule has 1 amide bonds. The summed E-state index contributed by atoms with van der Waals surface area (Å²) in [5.74, 6) is -0.356. The van der Waals surface area contributed by atoms with Crippen molar-refractivity contribution in [2.45, 2.75) is 57.8 Å². The molecule has 24 heavy (non-hydrogen) atoms. The van der Waals surface area contributed by atoms with E-state index in [2.05, 4.69) is 10.3 Å². The molecule has 134 valence electrons. The molecule has 0 aromatic carbocycles. The fourth-order valence-electron chi connectivity index (χ4n) is 2.70. The fraction of sp³-hybridized carbons (Fsp3) is 0.667. The maximum absolute atomic E-state index is 12.1. The van der Waals surface area contributed by atoms with Crippen LogP contribution in [0.5, 0.6) is 0 Å². The summed E-state index contributed by atoms with van der Waals surface area (Å²) in [7, 11) is 1.48. The van der Waals surface area contributed by atoms with E-state index in [0.717, 1.165) is 0 Å². The van der Waals surface area contributed by atoms with Crippen LogP contribution in [0.15, 0.2) is 15.8 Å². The minimum atomic E-state index is -1.01. The number of ether oxygens (including phenoxy) is 2. The lowest BCUT2D eigenvalue weighted by atomic mass is 10.1. The van der Waals surface area contributed by atoms with Gasteiger partial charge in [0.1, 0.15) is 18.3 Å². The highest BCUT2D eigenvalue weighted by Gasteiger charge is 2.46. The quantitative estimate of drug-likeness (QED) is 0.633. The van der Waals surface area contributed by atoms with E-state index in [1.54, 1.807) is 13.8 Å². The Labute approximate surface area is 138 Å². The molecule has 3 N–H and O–H groups in total.